The molecule has 0 saturated heterocycles. The Labute approximate surface area is 83.8 Å². The maximum absolute atomic E-state index is 4.15. The van der Waals surface area contributed by atoms with Crippen molar-refractivity contribution in [1.82, 2.24) is 19.7 Å². The minimum atomic E-state index is 0.691. The van der Waals surface area contributed by atoms with Crippen molar-refractivity contribution in [2.24, 2.45) is 7.05 Å². The normalized spacial score (nSPS) is 10.3. The Bertz CT molecular complexity index is 406. The first kappa shape index (κ1) is 8.37. The van der Waals surface area contributed by atoms with Crippen LogP contribution in [0.2, 0.25) is 0 Å². The summed E-state index contributed by atoms with van der Waals surface area (Å²) >= 11 is 3.28. The Morgan fingerprint density at radius 1 is 1.23 bits per heavy atom. The van der Waals surface area contributed by atoms with Crippen LogP contribution in [0.15, 0.2) is 29.3 Å². The zero-order chi connectivity index (χ0) is 9.26. The fourth-order valence-electron chi connectivity index (χ4n) is 0.998. The maximum atomic E-state index is 4.15. The van der Waals surface area contributed by atoms with Gasteiger partial charge in [0.05, 0.1) is 16.2 Å². The lowest BCUT2D eigenvalue weighted by Gasteiger charge is -1.93. The molecule has 0 aliphatic rings. The van der Waals surface area contributed by atoms with E-state index in [0.29, 0.717) is 5.82 Å². The second-order valence-corrected chi connectivity index (χ2v) is 3.54. The molecule has 2 rings (SSSR count). The van der Waals surface area contributed by atoms with E-state index >= 15 is 0 Å². The van der Waals surface area contributed by atoms with Gasteiger partial charge in [0.2, 0.25) is 0 Å². The molecule has 0 N–H and O–H groups in total. The molecular weight excluding hydrogens is 232 g/mol. The van der Waals surface area contributed by atoms with Gasteiger partial charge in [0.15, 0.2) is 5.82 Å². The highest BCUT2D eigenvalue weighted by Gasteiger charge is 2.01. The van der Waals surface area contributed by atoms with Gasteiger partial charge in [-0.1, -0.05) is 0 Å². The predicted octanol–water partition coefficient (Wildman–Crippen LogP) is 1.64. The van der Waals surface area contributed by atoms with Crippen LogP contribution in [0, 0.1) is 0 Å². The molecule has 0 atom stereocenters. The molecule has 0 spiro atoms. The molecule has 0 aliphatic heterocycles. The summed E-state index contributed by atoms with van der Waals surface area (Å²) in [4.78, 5) is 8.30. The Kier molecular flexibility index (Phi) is 2.10. The van der Waals surface area contributed by atoms with Gasteiger partial charge in [-0.25, -0.2) is 9.97 Å². The number of aryl methyl sites for hydroxylation is 1. The van der Waals surface area contributed by atoms with Gasteiger partial charge < -0.3 is 0 Å². The lowest BCUT2D eigenvalue weighted by Crippen LogP contribution is -1.86. The van der Waals surface area contributed by atoms with Crippen LogP contribution in [0.4, 0.5) is 0 Å². The second kappa shape index (κ2) is 3.26. The van der Waals surface area contributed by atoms with E-state index in [1.54, 1.807) is 23.3 Å². The van der Waals surface area contributed by atoms with Gasteiger partial charge in [-0.05, 0) is 15.9 Å². The maximum Gasteiger partial charge on any atom is 0.162 e. The minimum absolute atomic E-state index is 0.691. The Morgan fingerprint density at radius 3 is 2.46 bits per heavy atom. The highest BCUT2D eigenvalue weighted by Crippen LogP contribution is 2.14. The molecule has 0 aromatic carbocycles. The summed E-state index contributed by atoms with van der Waals surface area (Å²) in [6, 6.07) is 0. The minimum Gasteiger partial charge on any atom is -0.275 e. The van der Waals surface area contributed by atoms with Crippen molar-refractivity contribution >= 4 is 15.9 Å². The highest BCUT2D eigenvalue weighted by atomic mass is 79.9. The molecular formula is C8H7BrN4. The Balaban J connectivity index is 2.41. The molecule has 0 bridgehead atoms. The highest BCUT2D eigenvalue weighted by molar-refractivity contribution is 9.10. The smallest absolute Gasteiger partial charge is 0.162 e. The fraction of sp³-hybridized carbons (Fsp3) is 0.125. The van der Waals surface area contributed by atoms with Crippen LogP contribution in [0.5, 0.6) is 0 Å². The fourth-order valence-corrected chi connectivity index (χ4v) is 1.20. The molecule has 5 heteroatoms. The summed E-state index contributed by atoms with van der Waals surface area (Å²) in [6.07, 6.45) is 7.05. The van der Waals surface area contributed by atoms with Crippen molar-refractivity contribution in [1.29, 1.82) is 0 Å². The zero-order valence-electron chi connectivity index (χ0n) is 6.98. The number of halogens is 1. The van der Waals surface area contributed by atoms with Crippen molar-refractivity contribution in [2.75, 3.05) is 0 Å². The van der Waals surface area contributed by atoms with Crippen LogP contribution in [0.1, 0.15) is 0 Å². The molecule has 0 unspecified atom stereocenters. The van der Waals surface area contributed by atoms with E-state index < -0.39 is 0 Å². The summed E-state index contributed by atoms with van der Waals surface area (Å²) in [5.74, 6) is 0.691. The van der Waals surface area contributed by atoms with E-state index in [0.717, 1.165) is 10.0 Å². The van der Waals surface area contributed by atoms with Crippen molar-refractivity contribution in [3.63, 3.8) is 0 Å². The molecule has 2 aromatic rings. The quantitative estimate of drug-likeness (QED) is 0.759. The lowest BCUT2D eigenvalue weighted by atomic mass is 10.3. The summed E-state index contributed by atoms with van der Waals surface area (Å²) < 4.78 is 2.60. The SMILES string of the molecule is Cn1cc(-c2ncc(Br)cn2)cn1. The summed E-state index contributed by atoms with van der Waals surface area (Å²) in [5, 5.41) is 4.04. The molecule has 0 fully saturated rings. The average Bonchev–Trinajstić information content (AvgIpc) is 2.53. The van der Waals surface area contributed by atoms with Crippen LogP contribution >= 0.6 is 15.9 Å². The first-order chi connectivity index (χ1) is 6.25. The first-order valence-electron chi connectivity index (χ1n) is 3.72. The van der Waals surface area contributed by atoms with Crippen molar-refractivity contribution in [3.05, 3.63) is 29.3 Å². The lowest BCUT2D eigenvalue weighted by molar-refractivity contribution is 0.768. The molecule has 0 amide bonds. The van der Waals surface area contributed by atoms with Crippen molar-refractivity contribution in [2.45, 2.75) is 0 Å². The Hall–Kier alpha value is -1.23. The summed E-state index contributed by atoms with van der Waals surface area (Å²) in [6.45, 7) is 0. The van der Waals surface area contributed by atoms with Gasteiger partial charge in [-0.2, -0.15) is 5.10 Å². The summed E-state index contributed by atoms with van der Waals surface area (Å²) in [5.41, 5.74) is 0.926. The topological polar surface area (TPSA) is 43.6 Å². The summed E-state index contributed by atoms with van der Waals surface area (Å²) in [7, 11) is 1.86. The molecule has 0 saturated carbocycles. The van der Waals surface area contributed by atoms with Crippen molar-refractivity contribution in [3.8, 4) is 11.4 Å². The van der Waals surface area contributed by atoms with Gasteiger partial charge in [-0.3, -0.25) is 4.68 Å². The van der Waals surface area contributed by atoms with Crippen LogP contribution in [-0.4, -0.2) is 19.7 Å². The number of aromatic nitrogens is 4. The Morgan fingerprint density at radius 2 is 1.92 bits per heavy atom. The first-order valence-corrected chi connectivity index (χ1v) is 4.51. The van der Waals surface area contributed by atoms with Gasteiger partial charge in [0.25, 0.3) is 0 Å². The van der Waals surface area contributed by atoms with Crippen LogP contribution < -0.4 is 0 Å². The third kappa shape index (κ3) is 1.75. The number of hydrogen-bond acceptors (Lipinski definition) is 3. The van der Waals surface area contributed by atoms with Crippen molar-refractivity contribution < 1.29 is 0 Å². The van der Waals surface area contributed by atoms with Gasteiger partial charge in [0.1, 0.15) is 0 Å². The zero-order valence-corrected chi connectivity index (χ0v) is 8.56. The van der Waals surface area contributed by atoms with E-state index in [1.165, 1.54) is 0 Å². The molecule has 66 valence electrons. The largest absolute Gasteiger partial charge is 0.275 e. The monoisotopic (exact) mass is 238 g/mol. The number of hydrogen-bond donors (Lipinski definition) is 0. The van der Waals surface area contributed by atoms with E-state index in [2.05, 4.69) is 31.0 Å². The van der Waals surface area contributed by atoms with E-state index in [4.69, 9.17) is 0 Å². The number of rotatable bonds is 1. The third-order valence-electron chi connectivity index (χ3n) is 1.58. The van der Waals surface area contributed by atoms with Crippen LogP contribution in [-0.2, 0) is 7.05 Å². The van der Waals surface area contributed by atoms with Gasteiger partial charge in [0, 0.05) is 25.6 Å². The molecule has 2 heterocycles. The van der Waals surface area contributed by atoms with E-state index in [1.807, 2.05) is 13.2 Å². The average molecular weight is 239 g/mol. The van der Waals surface area contributed by atoms with Gasteiger partial charge >= 0.3 is 0 Å². The molecule has 2 aromatic heterocycles. The number of nitrogens with zero attached hydrogens (tertiary/aromatic N) is 4. The predicted molar refractivity (Wildman–Crippen MR) is 51.9 cm³/mol. The molecule has 4 nitrogen and oxygen atoms in total. The molecule has 13 heavy (non-hydrogen) atoms. The second-order valence-electron chi connectivity index (χ2n) is 2.63. The van der Waals surface area contributed by atoms with Crippen LogP contribution in [0.3, 0.4) is 0 Å². The van der Waals surface area contributed by atoms with E-state index in [9.17, 15) is 0 Å². The van der Waals surface area contributed by atoms with E-state index in [-0.39, 0.29) is 0 Å². The van der Waals surface area contributed by atoms with Gasteiger partial charge in [-0.15, -0.1) is 0 Å². The molecule has 0 radical (unpaired) electrons. The molecule has 0 aliphatic carbocycles. The van der Waals surface area contributed by atoms with Crippen LogP contribution in [0.25, 0.3) is 11.4 Å². The standard InChI is InChI=1S/C8H7BrN4/c1-13-5-6(2-12-13)8-10-3-7(9)4-11-8/h2-5H,1H3. The third-order valence-corrected chi connectivity index (χ3v) is 1.99.